The largest absolute Gasteiger partial charge is 0.275 e. The normalized spacial score (nSPS) is 10.8. The molecule has 102 valence electrons. The summed E-state index contributed by atoms with van der Waals surface area (Å²) in [6.45, 7) is 0. The minimum absolute atomic E-state index is 0.0396. The SMILES string of the molecule is N#Cc1ccc(S(=O)(=O)Nc2c(F)cccc2Cl)cc1. The van der Waals surface area contributed by atoms with E-state index in [9.17, 15) is 12.8 Å². The number of nitrogens with zero attached hydrogens (tertiary/aromatic N) is 1. The van der Waals surface area contributed by atoms with Gasteiger partial charge in [0.2, 0.25) is 0 Å². The lowest BCUT2D eigenvalue weighted by Crippen LogP contribution is -2.14. The fraction of sp³-hybridized carbons (Fsp3) is 0. The number of nitriles is 1. The van der Waals surface area contributed by atoms with Crippen molar-refractivity contribution in [3.8, 4) is 6.07 Å². The van der Waals surface area contributed by atoms with Crippen LogP contribution >= 0.6 is 11.6 Å². The summed E-state index contributed by atoms with van der Waals surface area (Å²) in [6.07, 6.45) is 0. The van der Waals surface area contributed by atoms with Gasteiger partial charge >= 0.3 is 0 Å². The molecule has 0 aliphatic rings. The number of hydrogen-bond donors (Lipinski definition) is 1. The first-order valence-corrected chi connectivity index (χ1v) is 7.27. The van der Waals surface area contributed by atoms with Gasteiger partial charge in [-0.2, -0.15) is 5.26 Å². The fourth-order valence-corrected chi connectivity index (χ4v) is 2.85. The van der Waals surface area contributed by atoms with E-state index in [4.69, 9.17) is 16.9 Å². The second kappa shape index (κ2) is 5.49. The topological polar surface area (TPSA) is 70.0 Å². The Hall–Kier alpha value is -2.10. The molecule has 0 saturated carbocycles. The van der Waals surface area contributed by atoms with Crippen LogP contribution in [0.2, 0.25) is 5.02 Å². The lowest BCUT2D eigenvalue weighted by Gasteiger charge is -2.10. The van der Waals surface area contributed by atoms with Crippen molar-refractivity contribution in [2.45, 2.75) is 4.90 Å². The maximum absolute atomic E-state index is 13.6. The molecule has 0 bridgehead atoms. The molecule has 20 heavy (non-hydrogen) atoms. The summed E-state index contributed by atoms with van der Waals surface area (Å²) in [4.78, 5) is -0.0872. The zero-order valence-corrected chi connectivity index (χ0v) is 11.5. The minimum atomic E-state index is -3.97. The molecule has 0 heterocycles. The lowest BCUT2D eigenvalue weighted by molar-refractivity contribution is 0.598. The Morgan fingerprint density at radius 3 is 2.35 bits per heavy atom. The van der Waals surface area contributed by atoms with Crippen molar-refractivity contribution in [2.24, 2.45) is 0 Å². The molecule has 0 radical (unpaired) electrons. The molecule has 0 saturated heterocycles. The van der Waals surface area contributed by atoms with E-state index in [0.29, 0.717) is 5.56 Å². The second-order valence-corrected chi connectivity index (χ2v) is 5.93. The van der Waals surface area contributed by atoms with E-state index in [-0.39, 0.29) is 15.6 Å². The Balaban J connectivity index is 2.38. The van der Waals surface area contributed by atoms with E-state index in [0.717, 1.165) is 6.07 Å². The summed E-state index contributed by atoms with van der Waals surface area (Å²) >= 11 is 5.76. The van der Waals surface area contributed by atoms with Gasteiger partial charge < -0.3 is 0 Å². The van der Waals surface area contributed by atoms with E-state index >= 15 is 0 Å². The van der Waals surface area contributed by atoms with Crippen LogP contribution in [0, 0.1) is 17.1 Å². The van der Waals surface area contributed by atoms with Crippen LogP contribution in [0.25, 0.3) is 0 Å². The van der Waals surface area contributed by atoms with Gasteiger partial charge in [0.05, 0.1) is 21.6 Å². The molecular weight excluding hydrogens is 303 g/mol. The molecule has 0 aromatic heterocycles. The van der Waals surface area contributed by atoms with Crippen LogP contribution in [-0.4, -0.2) is 8.42 Å². The highest BCUT2D eigenvalue weighted by atomic mass is 35.5. The average Bonchev–Trinajstić information content (AvgIpc) is 2.43. The number of hydrogen-bond acceptors (Lipinski definition) is 3. The van der Waals surface area contributed by atoms with Crippen molar-refractivity contribution in [1.82, 2.24) is 0 Å². The zero-order valence-electron chi connectivity index (χ0n) is 9.97. The molecule has 0 aliphatic heterocycles. The Bertz CT molecular complexity index is 763. The molecule has 0 atom stereocenters. The highest BCUT2D eigenvalue weighted by Gasteiger charge is 2.18. The van der Waals surface area contributed by atoms with Crippen LogP contribution in [0.3, 0.4) is 0 Å². The molecular formula is C13H8ClFN2O2S. The van der Waals surface area contributed by atoms with Gasteiger partial charge in [-0.1, -0.05) is 17.7 Å². The highest BCUT2D eigenvalue weighted by Crippen LogP contribution is 2.27. The monoisotopic (exact) mass is 310 g/mol. The summed E-state index contributed by atoms with van der Waals surface area (Å²) in [6, 6.07) is 11.0. The third-order valence-corrected chi connectivity index (χ3v) is 4.17. The predicted molar refractivity (Wildman–Crippen MR) is 73.4 cm³/mol. The third-order valence-electron chi connectivity index (χ3n) is 2.49. The van der Waals surface area contributed by atoms with Crippen molar-refractivity contribution < 1.29 is 12.8 Å². The van der Waals surface area contributed by atoms with E-state index in [2.05, 4.69) is 4.72 Å². The first kappa shape index (κ1) is 14.3. The molecule has 0 spiro atoms. The fourth-order valence-electron chi connectivity index (χ4n) is 1.50. The molecule has 4 nitrogen and oxygen atoms in total. The van der Waals surface area contributed by atoms with Gasteiger partial charge in [0, 0.05) is 0 Å². The lowest BCUT2D eigenvalue weighted by atomic mass is 10.2. The van der Waals surface area contributed by atoms with Gasteiger partial charge in [-0.3, -0.25) is 4.72 Å². The standard InChI is InChI=1S/C13H8ClFN2O2S/c14-11-2-1-3-12(15)13(11)17-20(18,19)10-6-4-9(8-16)5-7-10/h1-7,17H. The van der Waals surface area contributed by atoms with Gasteiger partial charge in [-0.15, -0.1) is 0 Å². The first-order valence-electron chi connectivity index (χ1n) is 5.41. The van der Waals surface area contributed by atoms with E-state index in [1.165, 1.54) is 36.4 Å². The van der Waals surface area contributed by atoms with E-state index in [1.807, 2.05) is 6.07 Å². The Kier molecular flexibility index (Phi) is 3.93. The molecule has 2 aromatic rings. The number of anilines is 1. The van der Waals surface area contributed by atoms with Crippen LogP contribution in [0.4, 0.5) is 10.1 Å². The quantitative estimate of drug-likeness (QED) is 0.946. The first-order chi connectivity index (χ1) is 9.44. The van der Waals surface area contributed by atoms with E-state index in [1.54, 1.807) is 0 Å². The van der Waals surface area contributed by atoms with Crippen LogP contribution in [0.5, 0.6) is 0 Å². The smallest absolute Gasteiger partial charge is 0.262 e. The Labute approximate surface area is 120 Å². The summed E-state index contributed by atoms with van der Waals surface area (Å²) in [5.74, 6) is -0.769. The molecule has 0 unspecified atom stereocenters. The van der Waals surface area contributed by atoms with Gasteiger partial charge in [0.1, 0.15) is 11.5 Å². The van der Waals surface area contributed by atoms with Gasteiger partial charge in [0.15, 0.2) is 0 Å². The number of benzene rings is 2. The highest BCUT2D eigenvalue weighted by molar-refractivity contribution is 7.92. The van der Waals surface area contributed by atoms with Crippen molar-refractivity contribution in [3.05, 3.63) is 58.9 Å². The Morgan fingerprint density at radius 2 is 1.80 bits per heavy atom. The minimum Gasteiger partial charge on any atom is -0.275 e. The molecule has 0 fully saturated rings. The number of rotatable bonds is 3. The van der Waals surface area contributed by atoms with Gasteiger partial charge in [-0.25, -0.2) is 12.8 Å². The molecule has 0 aliphatic carbocycles. The maximum Gasteiger partial charge on any atom is 0.262 e. The number of nitrogens with one attached hydrogen (secondary N) is 1. The van der Waals surface area contributed by atoms with Crippen LogP contribution in [-0.2, 0) is 10.0 Å². The average molecular weight is 311 g/mol. The molecule has 7 heteroatoms. The summed E-state index contributed by atoms with van der Waals surface area (Å²) in [5.41, 5.74) is 0.0198. The summed E-state index contributed by atoms with van der Waals surface area (Å²) in [7, 11) is -3.97. The van der Waals surface area contributed by atoms with Crippen molar-refractivity contribution in [3.63, 3.8) is 0 Å². The third kappa shape index (κ3) is 2.90. The zero-order chi connectivity index (χ0) is 14.8. The van der Waals surface area contributed by atoms with Crippen LogP contribution in [0.1, 0.15) is 5.56 Å². The molecule has 2 rings (SSSR count). The number of para-hydroxylation sites is 1. The molecule has 1 N–H and O–H groups in total. The van der Waals surface area contributed by atoms with Crippen molar-refractivity contribution in [2.75, 3.05) is 4.72 Å². The van der Waals surface area contributed by atoms with Crippen LogP contribution < -0.4 is 4.72 Å². The Morgan fingerprint density at radius 1 is 1.15 bits per heavy atom. The predicted octanol–water partition coefficient (Wildman–Crippen LogP) is 3.15. The van der Waals surface area contributed by atoms with Gasteiger partial charge in [-0.05, 0) is 36.4 Å². The second-order valence-electron chi connectivity index (χ2n) is 3.84. The van der Waals surface area contributed by atoms with Crippen LogP contribution in [0.15, 0.2) is 47.4 Å². The maximum atomic E-state index is 13.6. The van der Waals surface area contributed by atoms with E-state index < -0.39 is 15.8 Å². The number of sulfonamides is 1. The number of halogens is 2. The van der Waals surface area contributed by atoms with Crippen molar-refractivity contribution >= 4 is 27.3 Å². The van der Waals surface area contributed by atoms with Gasteiger partial charge in [0.25, 0.3) is 10.0 Å². The molecule has 0 amide bonds. The molecule has 2 aromatic carbocycles. The summed E-state index contributed by atoms with van der Waals surface area (Å²) in [5, 5.41) is 8.62. The van der Waals surface area contributed by atoms with Crippen molar-refractivity contribution in [1.29, 1.82) is 5.26 Å². The summed E-state index contributed by atoms with van der Waals surface area (Å²) < 4.78 is 39.8.